The quantitative estimate of drug-likeness (QED) is 0.365. The van der Waals surface area contributed by atoms with Crippen molar-refractivity contribution in [3.8, 4) is 17.2 Å². The first-order chi connectivity index (χ1) is 20.9. The van der Waals surface area contributed by atoms with Crippen molar-refractivity contribution in [1.82, 2.24) is 9.80 Å². The van der Waals surface area contributed by atoms with Crippen molar-refractivity contribution < 1.29 is 51.2 Å². The summed E-state index contributed by atoms with van der Waals surface area (Å²) >= 11 is -0.868. The van der Waals surface area contributed by atoms with E-state index in [9.17, 15) is 13.5 Å². The van der Waals surface area contributed by atoms with Crippen molar-refractivity contribution in [2.24, 2.45) is 5.92 Å². The van der Waals surface area contributed by atoms with Gasteiger partial charge in [-0.3, -0.25) is 4.90 Å². The Morgan fingerprint density at radius 3 is 2.14 bits per heavy atom. The maximum absolute atomic E-state index is 13.4. The predicted molar refractivity (Wildman–Crippen MR) is 154 cm³/mol. The van der Waals surface area contributed by atoms with E-state index in [1.165, 1.54) is 5.56 Å². The number of fused-ring (bicyclic) bond motifs is 1. The molecule has 0 aromatic heterocycles. The molecule has 0 atom stereocenters. The number of halogens is 1. The molecule has 43 heavy (non-hydrogen) atoms. The molecule has 11 heteroatoms. The van der Waals surface area contributed by atoms with Crippen molar-refractivity contribution in [3.05, 3.63) is 77.9 Å². The molecule has 0 unspecified atom stereocenters. The first-order valence-corrected chi connectivity index (χ1v) is 18.2. The Morgan fingerprint density at radius 2 is 1.44 bits per heavy atom. The number of sulfone groups is 1. The monoisotopic (exact) mass is 719 g/mol. The number of hydrogen-bond acceptors (Lipinski definition) is 9. The topological polar surface area (TPSA) is 97.8 Å². The van der Waals surface area contributed by atoms with Gasteiger partial charge < -0.3 is 10.0 Å². The molecule has 4 aliphatic heterocycles. The molecule has 7 rings (SSSR count). The number of piperidine rings is 2. The predicted octanol–water partition coefficient (Wildman–Crippen LogP) is 1.49. The second-order valence-corrected chi connectivity index (χ2v) is 14.9. The van der Waals surface area contributed by atoms with E-state index in [1.807, 2.05) is 24.3 Å². The number of ether oxygens (including phenoxy) is 2. The first-order valence-electron chi connectivity index (χ1n) is 14.9. The van der Waals surface area contributed by atoms with Gasteiger partial charge in [0.25, 0.3) is 0 Å². The standard InChI is InChI=1S/C32H36IN2O7S/c36-27-5-1-23(2-6-27)22-34-15-13-26(14-16-34)35-17-11-25(12-18-35)32(39-19-20-40-32)24-3-7-28(8-4-24)43(37,38)29-9-10-30-31(21-29)42-33-41-30/h1-10,21,25-26,36H,11-20,22H2/q-1. The van der Waals surface area contributed by atoms with Crippen molar-refractivity contribution in [1.29, 1.82) is 0 Å². The van der Waals surface area contributed by atoms with Gasteiger partial charge in [-0.1, -0.05) is 12.1 Å². The number of phenolic OH excluding ortho intramolecular Hbond substituents is 1. The van der Waals surface area contributed by atoms with Gasteiger partial charge in [-0.2, -0.15) is 0 Å². The molecule has 4 aliphatic rings. The summed E-state index contributed by atoms with van der Waals surface area (Å²) in [7, 11) is -3.71. The van der Waals surface area contributed by atoms with E-state index in [0.29, 0.717) is 36.5 Å². The van der Waals surface area contributed by atoms with E-state index < -0.39 is 37.7 Å². The summed E-state index contributed by atoms with van der Waals surface area (Å²) < 4.78 is 50.4. The van der Waals surface area contributed by atoms with E-state index in [0.717, 1.165) is 64.0 Å². The molecule has 3 aromatic rings. The summed E-state index contributed by atoms with van der Waals surface area (Å²) in [4.78, 5) is 5.56. The van der Waals surface area contributed by atoms with Gasteiger partial charge in [-0.25, -0.2) is 0 Å². The third-order valence-electron chi connectivity index (χ3n) is 9.22. The third kappa shape index (κ3) is 5.87. The summed E-state index contributed by atoms with van der Waals surface area (Å²) in [5.41, 5.74) is 2.11. The molecule has 0 spiro atoms. The Bertz CT molecular complexity index is 1530. The van der Waals surface area contributed by atoms with Crippen LogP contribution in [0.5, 0.6) is 17.2 Å². The number of nitrogens with zero attached hydrogens (tertiary/aromatic N) is 2. The number of hydrogen-bond donors (Lipinski definition) is 1. The van der Waals surface area contributed by atoms with Crippen molar-refractivity contribution in [2.75, 3.05) is 39.4 Å². The van der Waals surface area contributed by atoms with Crippen LogP contribution in [-0.2, 0) is 31.6 Å². The van der Waals surface area contributed by atoms with Crippen LogP contribution >= 0.6 is 0 Å². The number of benzene rings is 3. The molecule has 3 aromatic carbocycles. The molecule has 0 saturated carbocycles. The fourth-order valence-electron chi connectivity index (χ4n) is 6.88. The summed E-state index contributed by atoms with van der Waals surface area (Å²) in [5.74, 6) is 0.749. The molecule has 3 fully saturated rings. The van der Waals surface area contributed by atoms with E-state index in [1.54, 1.807) is 42.5 Å². The maximum atomic E-state index is 13.4. The Morgan fingerprint density at radius 1 is 0.791 bits per heavy atom. The van der Waals surface area contributed by atoms with Crippen molar-refractivity contribution in [3.63, 3.8) is 0 Å². The minimum atomic E-state index is -3.71. The van der Waals surface area contributed by atoms with Crippen molar-refractivity contribution in [2.45, 2.75) is 53.8 Å². The van der Waals surface area contributed by atoms with Crippen LogP contribution in [0.4, 0.5) is 0 Å². The number of likely N-dealkylation sites (tertiary alicyclic amines) is 2. The molecule has 1 N–H and O–H groups in total. The van der Waals surface area contributed by atoms with Crippen LogP contribution < -0.4 is 28.2 Å². The van der Waals surface area contributed by atoms with Crippen LogP contribution in [0.3, 0.4) is 0 Å². The number of aromatic hydroxyl groups is 1. The fraction of sp³-hybridized carbons (Fsp3) is 0.438. The zero-order chi connectivity index (χ0) is 29.4. The van der Waals surface area contributed by atoms with E-state index in [4.69, 9.17) is 15.6 Å². The Labute approximate surface area is 264 Å². The van der Waals surface area contributed by atoms with Gasteiger partial charge in [0.05, 0.1) is 0 Å². The van der Waals surface area contributed by atoms with Crippen molar-refractivity contribution >= 4 is 9.84 Å². The Balaban J connectivity index is 0.984. The molecular formula is C32H36IN2O7S-. The molecule has 230 valence electrons. The van der Waals surface area contributed by atoms with Gasteiger partial charge in [0.1, 0.15) is 5.75 Å². The zero-order valence-electron chi connectivity index (χ0n) is 23.9. The van der Waals surface area contributed by atoms with Crippen LogP contribution in [0.25, 0.3) is 0 Å². The van der Waals surface area contributed by atoms with Gasteiger partial charge in [0.15, 0.2) is 0 Å². The molecule has 0 radical (unpaired) electrons. The molecule has 0 amide bonds. The zero-order valence-corrected chi connectivity index (χ0v) is 26.8. The average Bonchev–Trinajstić information content (AvgIpc) is 3.73. The van der Waals surface area contributed by atoms with Crippen LogP contribution in [0.2, 0.25) is 0 Å². The molecule has 0 bridgehead atoms. The molecule has 3 saturated heterocycles. The van der Waals surface area contributed by atoms with Gasteiger partial charge in [-0.15, -0.1) is 0 Å². The summed E-state index contributed by atoms with van der Waals surface area (Å²) in [6, 6.07) is 19.9. The fourth-order valence-corrected chi connectivity index (χ4v) is 9.34. The summed E-state index contributed by atoms with van der Waals surface area (Å²) in [6.07, 6.45) is 4.24. The second kappa shape index (κ2) is 12.2. The number of phenols is 1. The second-order valence-electron chi connectivity index (χ2n) is 11.7. The van der Waals surface area contributed by atoms with Gasteiger partial charge in [0.2, 0.25) is 0 Å². The number of rotatable bonds is 7. The van der Waals surface area contributed by atoms with Gasteiger partial charge in [-0.05, 0) is 56.7 Å². The van der Waals surface area contributed by atoms with Crippen LogP contribution in [0, 0.1) is 5.92 Å². The van der Waals surface area contributed by atoms with Crippen LogP contribution in [-0.4, -0.2) is 68.8 Å². The minimum absolute atomic E-state index is 0.190. The van der Waals surface area contributed by atoms with E-state index >= 15 is 0 Å². The Kier molecular flexibility index (Phi) is 8.29. The third-order valence-corrected chi connectivity index (χ3v) is 12.3. The van der Waals surface area contributed by atoms with Gasteiger partial charge in [0, 0.05) is 12.6 Å². The van der Waals surface area contributed by atoms with Crippen LogP contribution in [0.15, 0.2) is 76.5 Å². The SMILES string of the molecule is O=S(=O)(c1ccc(C2(C3CCN(C4CCN(Cc5ccc(O)cc5)CC4)CC3)OCCO2)cc1)c1ccc2c(c1)O[I-]O2. The molecular weight excluding hydrogens is 683 g/mol. The molecule has 9 nitrogen and oxygen atoms in total. The normalized spacial score (nSPS) is 22.0. The summed E-state index contributed by atoms with van der Waals surface area (Å²) in [6.45, 7) is 6.12. The molecule has 4 heterocycles. The summed E-state index contributed by atoms with van der Waals surface area (Å²) in [5, 5.41) is 9.55. The first kappa shape index (κ1) is 29.3. The van der Waals surface area contributed by atoms with E-state index in [-0.39, 0.29) is 15.7 Å². The Hall–Kier alpha value is -2.42. The average molecular weight is 720 g/mol. The van der Waals surface area contributed by atoms with E-state index in [2.05, 4.69) is 9.80 Å². The van der Waals surface area contributed by atoms with Gasteiger partial charge >= 0.3 is 163 Å². The molecule has 0 aliphatic carbocycles. The van der Waals surface area contributed by atoms with Crippen LogP contribution in [0.1, 0.15) is 36.8 Å².